The number of aryl methyl sites for hydroxylation is 2. The quantitative estimate of drug-likeness (QED) is 0.361. The van der Waals surface area contributed by atoms with E-state index in [0.29, 0.717) is 17.6 Å². The van der Waals surface area contributed by atoms with Crippen LogP contribution >= 0.6 is 24.0 Å². The van der Waals surface area contributed by atoms with Crippen LogP contribution in [-0.2, 0) is 11.2 Å². The van der Waals surface area contributed by atoms with Crippen LogP contribution in [0, 0.1) is 19.3 Å². The number of hydrogen-bond donors (Lipinski definition) is 2. The van der Waals surface area contributed by atoms with E-state index < -0.39 is 0 Å². The van der Waals surface area contributed by atoms with Crippen molar-refractivity contribution in [2.75, 3.05) is 20.2 Å². The first-order chi connectivity index (χ1) is 12.6. The monoisotopic (exact) mass is 490 g/mol. The second-order valence-corrected chi connectivity index (χ2v) is 7.72. The van der Waals surface area contributed by atoms with Gasteiger partial charge in [-0.25, -0.2) is 0 Å². The molecule has 0 saturated heterocycles. The fourth-order valence-corrected chi connectivity index (χ4v) is 4.79. The van der Waals surface area contributed by atoms with Gasteiger partial charge in [-0.15, -0.1) is 24.0 Å². The van der Waals surface area contributed by atoms with Crippen LogP contribution in [0.15, 0.2) is 9.52 Å². The maximum atomic E-state index is 6.06. The Morgan fingerprint density at radius 2 is 2.04 bits per heavy atom. The van der Waals surface area contributed by atoms with Crippen molar-refractivity contribution >= 4 is 29.9 Å². The van der Waals surface area contributed by atoms with E-state index in [9.17, 15) is 0 Å². The summed E-state index contributed by atoms with van der Waals surface area (Å²) in [6, 6.07) is 0.463. The molecule has 0 amide bonds. The number of rotatable bonds is 6. The number of aromatic nitrogens is 1. The maximum Gasteiger partial charge on any atom is 0.191 e. The Balaban J connectivity index is 0.00000261. The molecule has 0 bridgehead atoms. The second kappa shape index (κ2) is 10.1. The van der Waals surface area contributed by atoms with Crippen LogP contribution in [0.5, 0.6) is 0 Å². The molecule has 3 rings (SSSR count). The van der Waals surface area contributed by atoms with Crippen molar-refractivity contribution in [3.05, 3.63) is 17.0 Å². The topological polar surface area (TPSA) is 71.7 Å². The number of ether oxygens (including phenoxy) is 1. The first-order valence-electron chi connectivity index (χ1n) is 10.1. The number of guanidine groups is 1. The zero-order valence-corrected chi connectivity index (χ0v) is 19.5. The highest BCUT2D eigenvalue weighted by molar-refractivity contribution is 14.0. The smallest absolute Gasteiger partial charge is 0.191 e. The standard InChI is InChI=1S/C20H34N4O2.HI/c1-5-25-18-13-17(20(18)10-7-6-8-11-20)23-19(21-4)22-12-9-16-14(2)24-26-15(16)3;/h17-18H,5-13H2,1-4H3,(H2,21,22,23);1H. The van der Waals surface area contributed by atoms with Crippen LogP contribution in [0.2, 0.25) is 0 Å². The molecule has 0 aromatic carbocycles. The lowest BCUT2D eigenvalue weighted by Crippen LogP contribution is -2.66. The highest BCUT2D eigenvalue weighted by atomic mass is 127. The third-order valence-corrected chi connectivity index (χ3v) is 6.32. The minimum Gasteiger partial charge on any atom is -0.378 e. The summed E-state index contributed by atoms with van der Waals surface area (Å²) in [5.41, 5.74) is 2.47. The van der Waals surface area contributed by atoms with E-state index in [2.05, 4.69) is 27.7 Å². The van der Waals surface area contributed by atoms with E-state index in [-0.39, 0.29) is 24.0 Å². The maximum absolute atomic E-state index is 6.06. The minimum atomic E-state index is 0. The third kappa shape index (κ3) is 4.78. The van der Waals surface area contributed by atoms with Crippen LogP contribution in [0.4, 0.5) is 0 Å². The Kier molecular flexibility index (Phi) is 8.39. The molecule has 27 heavy (non-hydrogen) atoms. The highest BCUT2D eigenvalue weighted by Gasteiger charge is 2.55. The number of aliphatic imine (C=N–C) groups is 1. The van der Waals surface area contributed by atoms with E-state index >= 15 is 0 Å². The molecule has 7 heteroatoms. The number of nitrogens with one attached hydrogen (secondary N) is 2. The average molecular weight is 490 g/mol. The van der Waals surface area contributed by atoms with Gasteiger partial charge in [0.05, 0.1) is 11.8 Å². The van der Waals surface area contributed by atoms with Gasteiger partial charge in [0, 0.05) is 37.2 Å². The molecule has 2 aliphatic rings. The molecule has 1 spiro atoms. The molecule has 2 unspecified atom stereocenters. The van der Waals surface area contributed by atoms with Crippen molar-refractivity contribution in [2.24, 2.45) is 10.4 Å². The molecule has 2 fully saturated rings. The van der Waals surface area contributed by atoms with E-state index in [0.717, 1.165) is 43.4 Å². The van der Waals surface area contributed by atoms with Crippen LogP contribution in [0.1, 0.15) is 62.5 Å². The van der Waals surface area contributed by atoms with Crippen LogP contribution in [-0.4, -0.2) is 43.5 Å². The van der Waals surface area contributed by atoms with Crippen molar-refractivity contribution in [3.8, 4) is 0 Å². The predicted octanol–water partition coefficient (Wildman–Crippen LogP) is 3.74. The van der Waals surface area contributed by atoms with Crippen molar-refractivity contribution in [1.82, 2.24) is 15.8 Å². The third-order valence-electron chi connectivity index (χ3n) is 6.32. The van der Waals surface area contributed by atoms with Crippen molar-refractivity contribution < 1.29 is 9.26 Å². The molecule has 1 aromatic rings. The van der Waals surface area contributed by atoms with Gasteiger partial charge in [0.2, 0.25) is 0 Å². The first kappa shape index (κ1) is 22.5. The Morgan fingerprint density at radius 3 is 2.63 bits per heavy atom. The Bertz CT molecular complexity index is 606. The van der Waals surface area contributed by atoms with Crippen LogP contribution in [0.3, 0.4) is 0 Å². The van der Waals surface area contributed by atoms with E-state index in [1.165, 1.54) is 37.7 Å². The fraction of sp³-hybridized carbons (Fsp3) is 0.800. The van der Waals surface area contributed by atoms with Gasteiger partial charge in [0.25, 0.3) is 0 Å². The van der Waals surface area contributed by atoms with Gasteiger partial charge >= 0.3 is 0 Å². The predicted molar refractivity (Wildman–Crippen MR) is 119 cm³/mol. The van der Waals surface area contributed by atoms with E-state index in [1.807, 2.05) is 20.9 Å². The second-order valence-electron chi connectivity index (χ2n) is 7.72. The molecule has 1 aromatic heterocycles. The molecule has 6 nitrogen and oxygen atoms in total. The summed E-state index contributed by atoms with van der Waals surface area (Å²) in [7, 11) is 1.84. The summed E-state index contributed by atoms with van der Waals surface area (Å²) < 4.78 is 11.3. The zero-order chi connectivity index (χ0) is 18.6. The number of hydrogen-bond acceptors (Lipinski definition) is 4. The van der Waals surface area contributed by atoms with Gasteiger partial charge in [-0.1, -0.05) is 24.4 Å². The summed E-state index contributed by atoms with van der Waals surface area (Å²) >= 11 is 0. The molecule has 2 aliphatic carbocycles. The molecule has 0 radical (unpaired) electrons. The Labute approximate surface area is 180 Å². The molecular formula is C20H35IN4O2. The van der Waals surface area contributed by atoms with Crippen LogP contribution in [0.25, 0.3) is 0 Å². The summed E-state index contributed by atoms with van der Waals surface area (Å²) in [6.07, 6.45) is 8.91. The van der Waals surface area contributed by atoms with E-state index in [1.54, 1.807) is 0 Å². The minimum absolute atomic E-state index is 0. The first-order valence-corrected chi connectivity index (χ1v) is 10.1. The summed E-state index contributed by atoms with van der Waals surface area (Å²) in [6.45, 7) is 7.69. The summed E-state index contributed by atoms with van der Waals surface area (Å²) in [5, 5.41) is 11.2. The Hall–Kier alpha value is -0.830. The van der Waals surface area contributed by atoms with Gasteiger partial charge in [-0.2, -0.15) is 0 Å². The molecular weight excluding hydrogens is 455 g/mol. The van der Waals surface area contributed by atoms with Gasteiger partial charge in [-0.3, -0.25) is 4.99 Å². The van der Waals surface area contributed by atoms with Gasteiger partial charge < -0.3 is 19.9 Å². The molecule has 154 valence electrons. The number of nitrogens with zero attached hydrogens (tertiary/aromatic N) is 2. The number of halogens is 1. The SMILES string of the molecule is CCOC1CC(NC(=NC)NCCc2c(C)noc2C)C12CCCCC2.I. The summed E-state index contributed by atoms with van der Waals surface area (Å²) in [5.74, 6) is 1.80. The molecule has 1 heterocycles. The summed E-state index contributed by atoms with van der Waals surface area (Å²) in [4.78, 5) is 4.44. The lowest BCUT2D eigenvalue weighted by atomic mass is 9.55. The van der Waals surface area contributed by atoms with Gasteiger partial charge in [0.15, 0.2) is 5.96 Å². The lowest BCUT2D eigenvalue weighted by molar-refractivity contribution is -0.145. The molecule has 2 atom stereocenters. The van der Waals surface area contributed by atoms with Crippen LogP contribution < -0.4 is 10.6 Å². The zero-order valence-electron chi connectivity index (χ0n) is 17.1. The van der Waals surface area contributed by atoms with E-state index in [4.69, 9.17) is 9.26 Å². The molecule has 2 saturated carbocycles. The molecule has 0 aliphatic heterocycles. The lowest BCUT2D eigenvalue weighted by Gasteiger charge is -2.57. The van der Waals surface area contributed by atoms with Crippen molar-refractivity contribution in [3.63, 3.8) is 0 Å². The fourth-order valence-electron chi connectivity index (χ4n) is 4.79. The Morgan fingerprint density at radius 1 is 1.30 bits per heavy atom. The largest absolute Gasteiger partial charge is 0.378 e. The average Bonchev–Trinajstić information content (AvgIpc) is 2.98. The molecule has 2 N–H and O–H groups in total. The van der Waals surface area contributed by atoms with Gasteiger partial charge in [-0.05, 0) is 46.5 Å². The highest BCUT2D eigenvalue weighted by Crippen LogP contribution is 2.53. The van der Waals surface area contributed by atoms with Crippen molar-refractivity contribution in [1.29, 1.82) is 0 Å². The van der Waals surface area contributed by atoms with Crippen molar-refractivity contribution in [2.45, 2.75) is 77.9 Å². The normalized spacial score (nSPS) is 24.2. The van der Waals surface area contributed by atoms with Gasteiger partial charge in [0.1, 0.15) is 5.76 Å².